The lowest BCUT2D eigenvalue weighted by molar-refractivity contribution is -0.145. The molecule has 322 valence electrons. The zero-order valence-corrected chi connectivity index (χ0v) is 33.8. The van der Waals surface area contributed by atoms with Crippen molar-refractivity contribution in [2.45, 2.75) is 91.6 Å². The van der Waals surface area contributed by atoms with Crippen LogP contribution in [0.25, 0.3) is 0 Å². The summed E-state index contributed by atoms with van der Waals surface area (Å²) in [5, 5.41) is 53.4. The zero-order valence-electron chi connectivity index (χ0n) is 33.8. The van der Waals surface area contributed by atoms with E-state index in [1.54, 1.807) is 19.6 Å². The predicted molar refractivity (Wildman–Crippen MR) is 204 cm³/mol. The molecule has 0 aromatic heterocycles. The number of amides is 2. The Kier molecular flexibility index (Phi) is 22.7. The van der Waals surface area contributed by atoms with Crippen molar-refractivity contribution in [2.75, 3.05) is 91.8 Å². The number of carboxylic acid groups (broad SMARTS) is 5. The minimum Gasteiger partial charge on any atom is -0.480 e. The van der Waals surface area contributed by atoms with E-state index in [1.165, 1.54) is 0 Å². The molecule has 7 N–H and O–H groups in total. The maximum Gasteiger partial charge on any atom is 0.326 e. The number of aliphatic carboxylic acids is 5. The second-order valence-electron chi connectivity index (χ2n) is 16.1. The fourth-order valence-electron chi connectivity index (χ4n) is 6.13. The molecule has 2 amide bonds. The molecule has 0 bridgehead atoms. The molecule has 1 heterocycles. The lowest BCUT2D eigenvalue weighted by atomic mass is 9.89. The van der Waals surface area contributed by atoms with Crippen molar-refractivity contribution in [1.29, 1.82) is 0 Å². The van der Waals surface area contributed by atoms with Crippen LogP contribution in [0.1, 0.15) is 79.6 Å². The first-order valence-electron chi connectivity index (χ1n) is 19.3. The lowest BCUT2D eigenvalue weighted by Crippen LogP contribution is -2.52. The van der Waals surface area contributed by atoms with E-state index in [-0.39, 0.29) is 110 Å². The van der Waals surface area contributed by atoms with Gasteiger partial charge in [0.1, 0.15) is 12.1 Å². The molecule has 1 rings (SSSR count). The molecule has 1 saturated heterocycles. The Labute approximate surface area is 329 Å². The van der Waals surface area contributed by atoms with Gasteiger partial charge in [-0.05, 0) is 42.9 Å². The Balaban J connectivity index is 2.76. The number of nitrogens with zero attached hydrogens (tertiary/aromatic N) is 4. The van der Waals surface area contributed by atoms with Crippen LogP contribution in [0.5, 0.6) is 0 Å². The highest BCUT2D eigenvalue weighted by Gasteiger charge is 2.30. The fraction of sp³-hybridized carbons (Fsp3) is 0.811. The van der Waals surface area contributed by atoms with Gasteiger partial charge in [-0.1, -0.05) is 34.6 Å². The van der Waals surface area contributed by atoms with Crippen molar-refractivity contribution in [1.82, 2.24) is 30.2 Å². The van der Waals surface area contributed by atoms with Crippen molar-refractivity contribution in [3.63, 3.8) is 0 Å². The third kappa shape index (κ3) is 22.6. The molecule has 0 radical (unpaired) electrons. The van der Waals surface area contributed by atoms with E-state index in [0.717, 1.165) is 6.42 Å². The molecule has 1 unspecified atom stereocenters. The highest BCUT2D eigenvalue weighted by atomic mass is 16.5. The van der Waals surface area contributed by atoms with Crippen molar-refractivity contribution < 1.29 is 63.8 Å². The van der Waals surface area contributed by atoms with E-state index in [2.05, 4.69) is 31.4 Å². The molecule has 0 aromatic rings. The highest BCUT2D eigenvalue weighted by molar-refractivity contribution is 5.83. The van der Waals surface area contributed by atoms with Gasteiger partial charge in [-0.15, -0.1) is 0 Å². The monoisotopic (exact) mass is 802 g/mol. The molecule has 1 aliphatic rings. The first-order valence-corrected chi connectivity index (χ1v) is 19.3. The molecule has 0 saturated carbocycles. The summed E-state index contributed by atoms with van der Waals surface area (Å²) in [6, 6.07) is -2.25. The molecule has 1 fully saturated rings. The highest BCUT2D eigenvalue weighted by Crippen LogP contribution is 2.25. The summed E-state index contributed by atoms with van der Waals surface area (Å²) in [6.07, 6.45) is 1.73. The van der Waals surface area contributed by atoms with E-state index in [4.69, 9.17) is 4.74 Å². The number of carbonyl (C=O) groups excluding carboxylic acids is 2. The van der Waals surface area contributed by atoms with Crippen molar-refractivity contribution in [3.8, 4) is 0 Å². The van der Waals surface area contributed by atoms with Gasteiger partial charge >= 0.3 is 29.8 Å². The van der Waals surface area contributed by atoms with Crippen LogP contribution in [0.2, 0.25) is 0 Å². The van der Waals surface area contributed by atoms with Crippen LogP contribution in [-0.2, 0) is 38.3 Å². The Bertz CT molecular complexity index is 1270. The smallest absolute Gasteiger partial charge is 0.326 e. The van der Waals surface area contributed by atoms with Crippen LogP contribution in [0, 0.1) is 10.8 Å². The van der Waals surface area contributed by atoms with E-state index < -0.39 is 59.2 Å². The van der Waals surface area contributed by atoms with Crippen LogP contribution in [0.3, 0.4) is 0 Å². The van der Waals surface area contributed by atoms with Gasteiger partial charge in [0.15, 0.2) is 0 Å². The second-order valence-corrected chi connectivity index (χ2v) is 16.1. The molecular formula is C37H66N6O13. The SMILES string of the molecule is CCC(C)(C)COCC(C)(C)CC(=O)N[C@H](CCCCNC(=O)CCC(C(=O)O)N1CCN(CC(=O)O)CCN(CC(=O)O)CCN(CC(=O)O)CC1)C(=O)O. The molecule has 19 heteroatoms. The normalized spacial score (nSPS) is 17.2. The third-order valence-electron chi connectivity index (χ3n) is 9.78. The molecule has 19 nitrogen and oxygen atoms in total. The number of ether oxygens (including phenoxy) is 1. The van der Waals surface area contributed by atoms with E-state index in [0.29, 0.717) is 26.1 Å². The van der Waals surface area contributed by atoms with Crippen molar-refractivity contribution >= 4 is 41.7 Å². The largest absolute Gasteiger partial charge is 0.480 e. The average molecular weight is 803 g/mol. The minimum atomic E-state index is -1.20. The van der Waals surface area contributed by atoms with E-state index >= 15 is 0 Å². The van der Waals surface area contributed by atoms with Gasteiger partial charge in [0.2, 0.25) is 11.8 Å². The molecule has 0 aliphatic carbocycles. The molecule has 0 aromatic carbocycles. The molecule has 2 atom stereocenters. The van der Waals surface area contributed by atoms with Gasteiger partial charge < -0.3 is 40.9 Å². The molecule has 1 aliphatic heterocycles. The summed E-state index contributed by atoms with van der Waals surface area (Å²) in [7, 11) is 0. The number of unbranched alkanes of at least 4 members (excludes halogenated alkanes) is 1. The maximum absolute atomic E-state index is 12.8. The topological polar surface area (TPSA) is 267 Å². The molecule has 56 heavy (non-hydrogen) atoms. The maximum atomic E-state index is 12.8. The van der Waals surface area contributed by atoms with Gasteiger partial charge in [-0.2, -0.15) is 0 Å². The summed E-state index contributed by atoms with van der Waals surface area (Å²) >= 11 is 0. The first kappa shape index (κ1) is 50.1. The summed E-state index contributed by atoms with van der Waals surface area (Å²) in [5.74, 6) is -6.48. The number of nitrogens with one attached hydrogen (secondary N) is 2. The number of rotatable bonds is 25. The Morgan fingerprint density at radius 2 is 1.09 bits per heavy atom. The standard InChI is InChI=1S/C37H66N6O13/c1-6-36(2,3)25-56-26-37(4,5)21-30(45)39-27(34(52)53)9-7-8-12-38-29(44)11-10-28(35(54)55)43-19-17-41(23-32(48)49)15-13-40(22-31(46)47)14-16-42(18-20-43)24-33(50)51/h27-28H,6-26H2,1-5H3,(H,38,44)(H,39,45)(H,46,47)(H,48,49)(H,50,51)(H,52,53)(H,54,55)/t27-,28?/m1/s1. The van der Waals surface area contributed by atoms with Gasteiger partial charge in [0, 0.05) is 71.7 Å². The summed E-state index contributed by atoms with van der Waals surface area (Å²) in [5.41, 5.74) is -0.487. The van der Waals surface area contributed by atoms with Crippen LogP contribution in [0.4, 0.5) is 0 Å². The van der Waals surface area contributed by atoms with Crippen LogP contribution >= 0.6 is 0 Å². The lowest BCUT2D eigenvalue weighted by Gasteiger charge is -2.35. The number of hydrogen-bond donors (Lipinski definition) is 7. The summed E-state index contributed by atoms with van der Waals surface area (Å²) in [4.78, 5) is 90.8. The molecular weight excluding hydrogens is 736 g/mol. The molecule has 0 spiro atoms. The Morgan fingerprint density at radius 1 is 0.625 bits per heavy atom. The van der Waals surface area contributed by atoms with Gasteiger partial charge in [-0.25, -0.2) is 4.79 Å². The quantitative estimate of drug-likeness (QED) is 0.0617. The average Bonchev–Trinajstić information content (AvgIpc) is 3.07. The second kappa shape index (κ2) is 25.4. The van der Waals surface area contributed by atoms with Crippen molar-refractivity contribution in [3.05, 3.63) is 0 Å². The van der Waals surface area contributed by atoms with Crippen LogP contribution in [-0.4, -0.2) is 191 Å². The zero-order chi connectivity index (χ0) is 42.5. The first-order chi connectivity index (χ1) is 26.1. The van der Waals surface area contributed by atoms with Crippen LogP contribution in [0.15, 0.2) is 0 Å². The van der Waals surface area contributed by atoms with E-state index in [1.807, 2.05) is 13.8 Å². The van der Waals surface area contributed by atoms with Gasteiger partial charge in [0.25, 0.3) is 0 Å². The fourth-order valence-corrected chi connectivity index (χ4v) is 6.13. The van der Waals surface area contributed by atoms with Crippen LogP contribution < -0.4 is 10.6 Å². The summed E-state index contributed by atoms with van der Waals surface area (Å²) < 4.78 is 5.84. The number of carbonyl (C=O) groups is 7. The van der Waals surface area contributed by atoms with Crippen molar-refractivity contribution in [2.24, 2.45) is 10.8 Å². The Hall–Kier alpha value is -3.91. The van der Waals surface area contributed by atoms with Gasteiger partial charge in [0.05, 0.1) is 32.8 Å². The summed E-state index contributed by atoms with van der Waals surface area (Å²) in [6.45, 7) is 11.3. The minimum absolute atomic E-state index is 0.0137. The number of carboxylic acids is 5. The third-order valence-corrected chi connectivity index (χ3v) is 9.78. The predicted octanol–water partition coefficient (Wildman–Crippen LogP) is 0.420. The number of hydrogen-bond acceptors (Lipinski definition) is 12. The van der Waals surface area contributed by atoms with E-state index in [9.17, 15) is 59.1 Å². The Morgan fingerprint density at radius 3 is 1.52 bits per heavy atom. The van der Waals surface area contributed by atoms with Gasteiger partial charge in [-0.3, -0.25) is 48.4 Å².